The molecule has 4 heteroatoms. The van der Waals surface area contributed by atoms with Crippen LogP contribution in [0.5, 0.6) is 0 Å². The lowest BCUT2D eigenvalue weighted by Gasteiger charge is -2.28. The average Bonchev–Trinajstić information content (AvgIpc) is 2.39. The molecular weight excluding hydrogens is 248 g/mol. The molecule has 1 fully saturated rings. The zero-order chi connectivity index (χ0) is 13.0. The third-order valence-electron chi connectivity index (χ3n) is 3.59. The van der Waals surface area contributed by atoms with Gasteiger partial charge in [-0.25, -0.2) is 0 Å². The standard InChI is InChI=1S/C14H19ClN2O/c1-11(17-8-3-2-4-9-17)14(18)16-13-7-5-6-12(15)10-13/h5-7,10-11H,2-4,8-9H2,1H3,(H,16,18)/p+1/t11-/m0/s1. The third kappa shape index (κ3) is 3.47. The van der Waals surface area contributed by atoms with E-state index in [1.165, 1.54) is 24.2 Å². The van der Waals surface area contributed by atoms with Crippen LogP contribution in [0.25, 0.3) is 0 Å². The van der Waals surface area contributed by atoms with Crippen molar-refractivity contribution in [3.63, 3.8) is 0 Å². The number of amides is 1. The number of halogens is 1. The van der Waals surface area contributed by atoms with Gasteiger partial charge in [0.25, 0.3) is 5.91 Å². The Labute approximate surface area is 113 Å². The second kappa shape index (κ2) is 6.21. The van der Waals surface area contributed by atoms with Crippen LogP contribution in [0.3, 0.4) is 0 Å². The van der Waals surface area contributed by atoms with Gasteiger partial charge in [-0.3, -0.25) is 4.79 Å². The lowest BCUT2D eigenvalue weighted by molar-refractivity contribution is -0.918. The molecule has 1 aliphatic rings. The third-order valence-corrected chi connectivity index (χ3v) is 3.83. The first-order valence-electron chi connectivity index (χ1n) is 6.58. The molecule has 1 saturated heterocycles. The van der Waals surface area contributed by atoms with E-state index in [-0.39, 0.29) is 11.9 Å². The Morgan fingerprint density at radius 2 is 2.06 bits per heavy atom. The van der Waals surface area contributed by atoms with Crippen LogP contribution in [0, 0.1) is 0 Å². The summed E-state index contributed by atoms with van der Waals surface area (Å²) in [5, 5.41) is 3.58. The number of likely N-dealkylation sites (tertiary alicyclic amines) is 1. The highest BCUT2D eigenvalue weighted by molar-refractivity contribution is 6.30. The van der Waals surface area contributed by atoms with E-state index >= 15 is 0 Å². The fraction of sp³-hybridized carbons (Fsp3) is 0.500. The number of hydrogen-bond donors (Lipinski definition) is 2. The van der Waals surface area contributed by atoms with Crippen molar-refractivity contribution in [2.24, 2.45) is 0 Å². The molecule has 98 valence electrons. The molecule has 0 unspecified atom stereocenters. The number of hydrogen-bond acceptors (Lipinski definition) is 1. The smallest absolute Gasteiger partial charge is 0.282 e. The summed E-state index contributed by atoms with van der Waals surface area (Å²) in [5.74, 6) is 0.0779. The van der Waals surface area contributed by atoms with E-state index < -0.39 is 0 Å². The molecule has 3 nitrogen and oxygen atoms in total. The van der Waals surface area contributed by atoms with Crippen LogP contribution in [0.4, 0.5) is 5.69 Å². The van der Waals surface area contributed by atoms with E-state index in [9.17, 15) is 4.79 Å². The van der Waals surface area contributed by atoms with Crippen molar-refractivity contribution in [1.29, 1.82) is 0 Å². The number of quaternary nitrogens is 1. The summed E-state index contributed by atoms with van der Waals surface area (Å²) in [6.07, 6.45) is 3.75. The highest BCUT2D eigenvalue weighted by atomic mass is 35.5. The van der Waals surface area contributed by atoms with Gasteiger partial charge in [-0.2, -0.15) is 0 Å². The molecular formula is C14H20ClN2O+. The number of anilines is 1. The van der Waals surface area contributed by atoms with Crippen LogP contribution in [-0.4, -0.2) is 25.0 Å². The Kier molecular flexibility index (Phi) is 4.61. The van der Waals surface area contributed by atoms with Crippen LogP contribution in [-0.2, 0) is 4.79 Å². The van der Waals surface area contributed by atoms with E-state index in [1.54, 1.807) is 12.1 Å². The molecule has 1 amide bonds. The Balaban J connectivity index is 1.94. The molecule has 1 aromatic rings. The maximum Gasteiger partial charge on any atom is 0.282 e. The number of nitrogens with one attached hydrogen (secondary N) is 2. The molecule has 1 aromatic carbocycles. The van der Waals surface area contributed by atoms with E-state index in [4.69, 9.17) is 11.6 Å². The molecule has 0 spiro atoms. The van der Waals surface area contributed by atoms with Gasteiger partial charge < -0.3 is 10.2 Å². The molecule has 0 saturated carbocycles. The Morgan fingerprint density at radius 3 is 2.72 bits per heavy atom. The van der Waals surface area contributed by atoms with Gasteiger partial charge in [-0.1, -0.05) is 17.7 Å². The van der Waals surface area contributed by atoms with Crippen molar-refractivity contribution < 1.29 is 9.69 Å². The summed E-state index contributed by atoms with van der Waals surface area (Å²) >= 11 is 5.90. The topological polar surface area (TPSA) is 33.5 Å². The first kappa shape index (κ1) is 13.4. The van der Waals surface area contributed by atoms with E-state index in [0.717, 1.165) is 18.8 Å². The molecule has 0 aromatic heterocycles. The van der Waals surface area contributed by atoms with E-state index in [0.29, 0.717) is 5.02 Å². The van der Waals surface area contributed by atoms with Crippen molar-refractivity contribution in [3.05, 3.63) is 29.3 Å². The molecule has 2 rings (SSSR count). The van der Waals surface area contributed by atoms with Crippen molar-refractivity contribution in [3.8, 4) is 0 Å². The van der Waals surface area contributed by atoms with Crippen LogP contribution >= 0.6 is 11.6 Å². The minimum atomic E-state index is 0.00396. The minimum absolute atomic E-state index is 0.00396. The van der Waals surface area contributed by atoms with Gasteiger partial charge in [0.15, 0.2) is 6.04 Å². The lowest BCUT2D eigenvalue weighted by Crippen LogP contribution is -3.17. The van der Waals surface area contributed by atoms with Crippen molar-refractivity contribution in [2.75, 3.05) is 18.4 Å². The predicted octanol–water partition coefficient (Wildman–Crippen LogP) is 1.74. The second-order valence-electron chi connectivity index (χ2n) is 4.94. The molecule has 18 heavy (non-hydrogen) atoms. The monoisotopic (exact) mass is 267 g/mol. The summed E-state index contributed by atoms with van der Waals surface area (Å²) in [6.45, 7) is 4.20. The van der Waals surface area contributed by atoms with Crippen LogP contribution < -0.4 is 10.2 Å². The average molecular weight is 268 g/mol. The highest BCUT2D eigenvalue weighted by Gasteiger charge is 2.26. The Morgan fingerprint density at radius 1 is 1.33 bits per heavy atom. The molecule has 0 aliphatic carbocycles. The minimum Gasteiger partial charge on any atom is -0.325 e. The van der Waals surface area contributed by atoms with E-state index in [2.05, 4.69) is 5.32 Å². The van der Waals surface area contributed by atoms with Gasteiger partial charge in [0.05, 0.1) is 13.1 Å². The molecule has 0 bridgehead atoms. The first-order valence-corrected chi connectivity index (χ1v) is 6.95. The fourth-order valence-corrected chi connectivity index (χ4v) is 2.63. The van der Waals surface area contributed by atoms with Crippen LogP contribution in [0.15, 0.2) is 24.3 Å². The maximum absolute atomic E-state index is 12.1. The summed E-state index contributed by atoms with van der Waals surface area (Å²) < 4.78 is 0. The number of piperidine rings is 1. The van der Waals surface area contributed by atoms with Gasteiger partial charge >= 0.3 is 0 Å². The van der Waals surface area contributed by atoms with Crippen LogP contribution in [0.2, 0.25) is 5.02 Å². The van der Waals surface area contributed by atoms with E-state index in [1.807, 2.05) is 19.1 Å². The van der Waals surface area contributed by atoms with Gasteiger partial charge in [-0.15, -0.1) is 0 Å². The summed E-state index contributed by atoms with van der Waals surface area (Å²) in [5.41, 5.74) is 0.774. The molecule has 1 heterocycles. The zero-order valence-electron chi connectivity index (χ0n) is 10.7. The number of carbonyl (C=O) groups excluding carboxylic acids is 1. The van der Waals surface area contributed by atoms with Crippen LogP contribution in [0.1, 0.15) is 26.2 Å². The summed E-state index contributed by atoms with van der Waals surface area (Å²) in [6, 6.07) is 7.29. The van der Waals surface area contributed by atoms with Crippen molar-refractivity contribution in [2.45, 2.75) is 32.2 Å². The first-order chi connectivity index (χ1) is 8.66. The zero-order valence-corrected chi connectivity index (χ0v) is 11.5. The van der Waals surface area contributed by atoms with Gasteiger partial charge in [-0.05, 0) is 44.4 Å². The molecule has 1 aliphatic heterocycles. The quantitative estimate of drug-likeness (QED) is 0.859. The van der Waals surface area contributed by atoms with Crippen molar-refractivity contribution in [1.82, 2.24) is 0 Å². The fourth-order valence-electron chi connectivity index (χ4n) is 2.44. The lowest BCUT2D eigenvalue weighted by atomic mass is 10.1. The second-order valence-corrected chi connectivity index (χ2v) is 5.38. The number of benzene rings is 1. The summed E-state index contributed by atoms with van der Waals surface area (Å²) in [7, 11) is 0. The Hall–Kier alpha value is -1.06. The Bertz CT molecular complexity index is 416. The number of carbonyl (C=O) groups is 1. The maximum atomic E-state index is 12.1. The molecule has 0 radical (unpaired) electrons. The molecule has 2 N–H and O–H groups in total. The molecule has 1 atom stereocenters. The highest BCUT2D eigenvalue weighted by Crippen LogP contribution is 2.14. The largest absolute Gasteiger partial charge is 0.325 e. The van der Waals surface area contributed by atoms with Gasteiger partial charge in [0.1, 0.15) is 0 Å². The summed E-state index contributed by atoms with van der Waals surface area (Å²) in [4.78, 5) is 13.5. The number of rotatable bonds is 3. The van der Waals surface area contributed by atoms with Crippen molar-refractivity contribution >= 4 is 23.2 Å². The van der Waals surface area contributed by atoms with Gasteiger partial charge in [0, 0.05) is 10.7 Å². The normalized spacial score (nSPS) is 18.3. The SMILES string of the molecule is C[C@@H](C(=O)Nc1cccc(Cl)c1)[NH+]1CCCCC1. The van der Waals surface area contributed by atoms with Gasteiger partial charge in [0.2, 0.25) is 0 Å². The predicted molar refractivity (Wildman–Crippen MR) is 74.1 cm³/mol.